The zero-order chi connectivity index (χ0) is 37.3. The summed E-state index contributed by atoms with van der Waals surface area (Å²) in [6.07, 6.45) is 8.80. The van der Waals surface area contributed by atoms with Crippen molar-refractivity contribution in [3.63, 3.8) is 0 Å². The largest absolute Gasteiger partial charge is 0.308 e. The van der Waals surface area contributed by atoms with Crippen LogP contribution in [0.2, 0.25) is 0 Å². The van der Waals surface area contributed by atoms with Gasteiger partial charge in [0.1, 0.15) is 0 Å². The molecular weight excluding hydrogens is 717 g/mol. The van der Waals surface area contributed by atoms with Gasteiger partial charge in [-0.05, 0) is 106 Å². The Morgan fingerprint density at radius 1 is 0.286 bits per heavy atom. The fraction of sp³-hybridized carbons (Fsp3) is 0. The van der Waals surface area contributed by atoms with Crippen LogP contribution in [0, 0.1) is 0 Å². The molecule has 8 aromatic rings. The number of para-hydroxylation sites is 4. The number of nitrogens with zero attached hydrogens (tertiary/aromatic N) is 2. The Kier molecular flexibility index (Phi) is 9.12. The first-order chi connectivity index (χ1) is 27.7. The highest BCUT2D eigenvalue weighted by atomic mass is 32.2. The molecule has 0 saturated carbocycles. The van der Waals surface area contributed by atoms with Crippen LogP contribution in [0.15, 0.2) is 214 Å². The Bertz CT molecular complexity index is 2480. The van der Waals surface area contributed by atoms with Gasteiger partial charge in [0.15, 0.2) is 0 Å². The van der Waals surface area contributed by atoms with E-state index in [-0.39, 0.29) is 0 Å². The van der Waals surface area contributed by atoms with Gasteiger partial charge in [0.25, 0.3) is 0 Å². The molecule has 8 aromatic carbocycles. The lowest BCUT2D eigenvalue weighted by Crippen LogP contribution is -2.14. The van der Waals surface area contributed by atoms with Crippen molar-refractivity contribution >= 4 is 82.0 Å². The first-order valence-corrected chi connectivity index (χ1v) is 20.5. The number of hydrogen-bond donors (Lipinski definition) is 0. The van der Waals surface area contributed by atoms with Crippen molar-refractivity contribution < 1.29 is 0 Å². The Balaban J connectivity index is 0.831. The van der Waals surface area contributed by atoms with E-state index in [2.05, 4.69) is 228 Å². The van der Waals surface area contributed by atoms with Gasteiger partial charge in [-0.15, -0.1) is 0 Å². The maximum Gasteiger partial charge on any atom is 0.0601 e. The van der Waals surface area contributed by atoms with Gasteiger partial charge < -0.3 is 9.80 Å². The quantitative estimate of drug-likeness (QED) is 0.150. The van der Waals surface area contributed by atoms with Crippen molar-refractivity contribution in [3.05, 3.63) is 216 Å². The number of benzene rings is 8. The van der Waals surface area contributed by atoms with Gasteiger partial charge in [0, 0.05) is 31.0 Å². The van der Waals surface area contributed by atoms with E-state index in [0.717, 1.165) is 22.5 Å². The fourth-order valence-corrected chi connectivity index (χ4v) is 9.57. The van der Waals surface area contributed by atoms with Crippen LogP contribution in [-0.2, 0) is 0 Å². The predicted molar refractivity (Wildman–Crippen MR) is 240 cm³/mol. The zero-order valence-electron chi connectivity index (χ0n) is 30.5. The maximum absolute atomic E-state index is 2.38. The molecule has 0 bridgehead atoms. The molecule has 0 spiro atoms. The van der Waals surface area contributed by atoms with E-state index in [1.54, 1.807) is 0 Å². The summed E-state index contributed by atoms with van der Waals surface area (Å²) in [7, 11) is 0. The monoisotopic (exact) mass is 752 g/mol. The van der Waals surface area contributed by atoms with Crippen LogP contribution < -0.4 is 9.80 Å². The molecule has 266 valence electrons. The molecule has 56 heavy (non-hydrogen) atoms. The second kappa shape index (κ2) is 15.0. The summed E-state index contributed by atoms with van der Waals surface area (Å²) in [5, 5.41) is 0. The minimum Gasteiger partial charge on any atom is -0.308 e. The van der Waals surface area contributed by atoms with E-state index in [0.29, 0.717) is 0 Å². The number of fused-ring (bicyclic) bond motifs is 4. The first kappa shape index (κ1) is 34.1. The second-order valence-electron chi connectivity index (χ2n) is 13.8. The molecule has 4 heteroatoms. The predicted octanol–water partition coefficient (Wildman–Crippen LogP) is 15.6. The highest BCUT2D eigenvalue weighted by Gasteiger charge is 2.25. The molecule has 0 N–H and O–H groups in total. The van der Waals surface area contributed by atoms with Crippen LogP contribution in [0.25, 0.3) is 35.4 Å². The summed E-state index contributed by atoms with van der Waals surface area (Å²) < 4.78 is 0. The molecule has 0 unspecified atom stereocenters. The van der Waals surface area contributed by atoms with Crippen LogP contribution >= 0.6 is 23.5 Å². The van der Waals surface area contributed by atoms with Crippen LogP contribution in [0.5, 0.6) is 0 Å². The number of hydrogen-bond acceptors (Lipinski definition) is 4. The van der Waals surface area contributed by atoms with Crippen molar-refractivity contribution in [2.75, 3.05) is 9.80 Å². The zero-order valence-corrected chi connectivity index (χ0v) is 32.1. The third-order valence-corrected chi connectivity index (χ3v) is 12.5. The summed E-state index contributed by atoms with van der Waals surface area (Å²) in [6, 6.07) is 69.8. The lowest BCUT2D eigenvalue weighted by atomic mass is 10.0. The highest BCUT2D eigenvalue weighted by Crippen LogP contribution is 2.52. The third kappa shape index (κ3) is 6.75. The average molecular weight is 753 g/mol. The lowest BCUT2D eigenvalue weighted by Gasteiger charge is -2.32. The van der Waals surface area contributed by atoms with Gasteiger partial charge >= 0.3 is 0 Å². The van der Waals surface area contributed by atoms with Crippen LogP contribution in [0.1, 0.15) is 22.3 Å². The normalized spacial score (nSPS) is 13.0. The maximum atomic E-state index is 2.38. The molecular formula is C52H36N2S2. The molecule has 0 atom stereocenters. The van der Waals surface area contributed by atoms with Crippen molar-refractivity contribution in [2.45, 2.75) is 19.6 Å². The highest BCUT2D eigenvalue weighted by molar-refractivity contribution is 8.00. The molecule has 2 aliphatic rings. The van der Waals surface area contributed by atoms with Crippen molar-refractivity contribution in [1.29, 1.82) is 0 Å². The van der Waals surface area contributed by atoms with Gasteiger partial charge in [-0.25, -0.2) is 0 Å². The van der Waals surface area contributed by atoms with Crippen LogP contribution in [-0.4, -0.2) is 0 Å². The first-order valence-electron chi connectivity index (χ1n) is 18.8. The van der Waals surface area contributed by atoms with E-state index < -0.39 is 0 Å². The van der Waals surface area contributed by atoms with Gasteiger partial charge in [-0.1, -0.05) is 169 Å². The lowest BCUT2D eigenvalue weighted by molar-refractivity contribution is 1.16. The van der Waals surface area contributed by atoms with E-state index >= 15 is 0 Å². The smallest absolute Gasteiger partial charge is 0.0601 e. The van der Waals surface area contributed by atoms with E-state index in [9.17, 15) is 0 Å². The summed E-state index contributed by atoms with van der Waals surface area (Å²) >= 11 is 3.67. The van der Waals surface area contributed by atoms with Crippen molar-refractivity contribution in [1.82, 2.24) is 0 Å². The van der Waals surface area contributed by atoms with Gasteiger partial charge in [0.05, 0.1) is 22.7 Å². The fourth-order valence-electron chi connectivity index (χ4n) is 7.46. The molecule has 2 heterocycles. The molecule has 0 fully saturated rings. The molecule has 2 nitrogen and oxygen atoms in total. The Morgan fingerprint density at radius 2 is 0.607 bits per heavy atom. The minimum absolute atomic E-state index is 1.16. The molecule has 0 amide bonds. The Labute approximate surface area is 337 Å². The topological polar surface area (TPSA) is 6.48 Å². The SMILES string of the molecule is C(=Cc1cccc(N2c3ccccc3Sc3ccccc32)c1)c1ccc(-c2ccc(C=Cc3cccc(N4c5ccccc5Sc5ccccc54)c3)cc2)cc1. The second-order valence-corrected chi connectivity index (χ2v) is 16.0. The molecule has 0 aliphatic carbocycles. The van der Waals surface area contributed by atoms with Crippen LogP contribution in [0.4, 0.5) is 34.1 Å². The minimum atomic E-state index is 1.16. The van der Waals surface area contributed by atoms with E-state index in [4.69, 9.17) is 0 Å². The molecule has 0 radical (unpaired) electrons. The summed E-state index contributed by atoms with van der Waals surface area (Å²) in [6.45, 7) is 0. The van der Waals surface area contributed by atoms with E-state index in [1.165, 1.54) is 64.6 Å². The number of rotatable bonds is 7. The van der Waals surface area contributed by atoms with Crippen molar-refractivity contribution in [3.8, 4) is 11.1 Å². The van der Waals surface area contributed by atoms with Gasteiger partial charge in [0.2, 0.25) is 0 Å². The molecule has 2 aliphatic heterocycles. The molecule has 10 rings (SSSR count). The third-order valence-electron chi connectivity index (χ3n) is 10.2. The summed E-state index contributed by atoms with van der Waals surface area (Å²) in [4.78, 5) is 9.83. The Morgan fingerprint density at radius 3 is 0.964 bits per heavy atom. The standard InChI is InChI=1S/C52H36N2S2/c1-5-19-49-45(15-1)53(46-16-2-6-20-50(46)55-49)43-13-9-11-39(35-43)25-23-37-27-31-41(32-28-37)42-33-29-38(30-34-42)24-26-40-12-10-14-44(36-40)54-47-17-3-7-21-51(47)56-52-22-8-4-18-48(52)54/h1-36H. The number of anilines is 6. The molecule has 0 saturated heterocycles. The summed E-state index contributed by atoms with van der Waals surface area (Å²) in [5.41, 5.74) is 14.2. The molecule has 0 aromatic heterocycles. The van der Waals surface area contributed by atoms with Gasteiger partial charge in [-0.2, -0.15) is 0 Å². The average Bonchev–Trinajstić information content (AvgIpc) is 3.26. The van der Waals surface area contributed by atoms with Gasteiger partial charge in [-0.3, -0.25) is 0 Å². The Hall–Kier alpha value is -6.46. The van der Waals surface area contributed by atoms with Crippen LogP contribution in [0.3, 0.4) is 0 Å². The van der Waals surface area contributed by atoms with Crippen molar-refractivity contribution in [2.24, 2.45) is 0 Å². The van der Waals surface area contributed by atoms with E-state index in [1.807, 2.05) is 23.5 Å². The summed E-state index contributed by atoms with van der Waals surface area (Å²) in [5.74, 6) is 0.